The van der Waals surface area contributed by atoms with Crippen molar-refractivity contribution >= 4 is 5.84 Å². The minimum atomic E-state index is -0.506. The molecule has 0 fully saturated rings. The molecule has 1 aromatic carbocycles. The number of aliphatic hydroxyl groups is 1. The summed E-state index contributed by atoms with van der Waals surface area (Å²) in [5, 5.41) is 16.2. The van der Waals surface area contributed by atoms with Crippen LogP contribution in [-0.2, 0) is 6.61 Å². The normalized spacial score (nSPS) is 11.9. The van der Waals surface area contributed by atoms with Crippen LogP contribution in [0.4, 0.5) is 0 Å². The lowest BCUT2D eigenvalue weighted by Gasteiger charge is -2.16. The lowest BCUT2D eigenvalue weighted by Crippen LogP contribution is -2.30. The Balaban J connectivity index is 2.91. The van der Waals surface area contributed by atoms with E-state index in [4.69, 9.17) is 25.7 Å². The molecule has 0 amide bonds. The van der Waals surface area contributed by atoms with Crippen molar-refractivity contribution in [1.82, 2.24) is 0 Å². The van der Waals surface area contributed by atoms with Gasteiger partial charge < -0.3 is 20.3 Å². The first-order valence-corrected chi connectivity index (χ1v) is 4.86. The highest BCUT2D eigenvalue weighted by molar-refractivity contribution is 5.81. The largest absolute Gasteiger partial charge is 0.493 e. The minimum absolute atomic E-state index is 0.0479. The molecule has 4 N–H and O–H groups in total. The number of nitrogens with one attached hydrogen (secondary N) is 1. The van der Waals surface area contributed by atoms with Crippen LogP contribution in [0.1, 0.15) is 12.5 Å². The molecule has 5 nitrogen and oxygen atoms in total. The Kier molecular flexibility index (Phi) is 4.13. The monoisotopic (exact) mass is 224 g/mol. The van der Waals surface area contributed by atoms with Gasteiger partial charge in [-0.3, -0.25) is 5.41 Å². The summed E-state index contributed by atoms with van der Waals surface area (Å²) in [5.74, 6) is 0.968. The van der Waals surface area contributed by atoms with Gasteiger partial charge in [0.25, 0.3) is 0 Å². The molecule has 5 heteroatoms. The molecule has 0 radical (unpaired) electrons. The molecule has 0 heterocycles. The Hall–Kier alpha value is -1.75. The van der Waals surface area contributed by atoms with Crippen molar-refractivity contribution in [3.63, 3.8) is 0 Å². The zero-order chi connectivity index (χ0) is 12.1. The number of amidine groups is 1. The third-order valence-corrected chi connectivity index (χ3v) is 2.15. The van der Waals surface area contributed by atoms with Crippen molar-refractivity contribution in [1.29, 1.82) is 5.41 Å². The number of ether oxygens (including phenoxy) is 2. The first kappa shape index (κ1) is 12.3. The third kappa shape index (κ3) is 2.87. The van der Waals surface area contributed by atoms with Crippen LogP contribution in [0.3, 0.4) is 0 Å². The molecule has 1 aromatic rings. The average Bonchev–Trinajstić information content (AvgIpc) is 2.29. The van der Waals surface area contributed by atoms with Crippen molar-refractivity contribution < 1.29 is 14.6 Å². The second-order valence-corrected chi connectivity index (χ2v) is 3.36. The van der Waals surface area contributed by atoms with E-state index in [1.807, 2.05) is 0 Å². The predicted molar refractivity (Wildman–Crippen MR) is 60.9 cm³/mol. The SMILES string of the molecule is COc1cc(CO)ccc1OC(C)C(=N)N. The first-order valence-electron chi connectivity index (χ1n) is 4.86. The number of rotatable bonds is 5. The van der Waals surface area contributed by atoms with Gasteiger partial charge in [0, 0.05) is 0 Å². The number of hydrogen-bond donors (Lipinski definition) is 3. The second kappa shape index (κ2) is 5.37. The first-order chi connectivity index (χ1) is 7.58. The van der Waals surface area contributed by atoms with Gasteiger partial charge in [0.2, 0.25) is 0 Å². The number of hydrogen-bond acceptors (Lipinski definition) is 4. The molecule has 1 rings (SSSR count). The molecule has 0 aliphatic rings. The Labute approximate surface area is 94.3 Å². The van der Waals surface area contributed by atoms with Crippen LogP contribution in [0.2, 0.25) is 0 Å². The summed E-state index contributed by atoms with van der Waals surface area (Å²) in [6, 6.07) is 5.09. The summed E-state index contributed by atoms with van der Waals surface area (Å²) in [4.78, 5) is 0. The van der Waals surface area contributed by atoms with Gasteiger partial charge in [-0.05, 0) is 24.6 Å². The Morgan fingerprint density at radius 1 is 1.50 bits per heavy atom. The molecule has 88 valence electrons. The maximum absolute atomic E-state index is 8.97. The van der Waals surface area contributed by atoms with Crippen LogP contribution in [0, 0.1) is 5.41 Å². The molecular formula is C11H16N2O3. The molecule has 1 unspecified atom stereocenters. The Morgan fingerprint density at radius 2 is 2.19 bits per heavy atom. The highest BCUT2D eigenvalue weighted by atomic mass is 16.5. The number of nitrogens with two attached hydrogens (primary N) is 1. The molecule has 1 atom stereocenters. The fraction of sp³-hybridized carbons (Fsp3) is 0.364. The van der Waals surface area contributed by atoms with Gasteiger partial charge in [-0.15, -0.1) is 0 Å². The van der Waals surface area contributed by atoms with E-state index in [1.165, 1.54) is 7.11 Å². The van der Waals surface area contributed by atoms with Crippen LogP contribution >= 0.6 is 0 Å². The quantitative estimate of drug-likeness (QED) is 0.512. The van der Waals surface area contributed by atoms with Gasteiger partial charge in [0.1, 0.15) is 5.84 Å². The van der Waals surface area contributed by atoms with E-state index >= 15 is 0 Å². The molecule has 0 aromatic heterocycles. The van der Waals surface area contributed by atoms with Crippen LogP contribution in [0.25, 0.3) is 0 Å². The average molecular weight is 224 g/mol. The van der Waals surface area contributed by atoms with Crippen molar-refractivity contribution in [3.05, 3.63) is 23.8 Å². The van der Waals surface area contributed by atoms with E-state index < -0.39 is 6.10 Å². The summed E-state index contributed by atoms with van der Waals surface area (Å²) < 4.78 is 10.6. The van der Waals surface area contributed by atoms with E-state index in [1.54, 1.807) is 25.1 Å². The molecule has 0 saturated carbocycles. The Bertz CT molecular complexity index is 379. The van der Waals surface area contributed by atoms with Gasteiger partial charge in [0.15, 0.2) is 17.6 Å². The third-order valence-electron chi connectivity index (χ3n) is 2.15. The number of benzene rings is 1. The zero-order valence-electron chi connectivity index (χ0n) is 9.36. The van der Waals surface area contributed by atoms with Crippen LogP contribution < -0.4 is 15.2 Å². The summed E-state index contributed by atoms with van der Waals surface area (Å²) in [6.45, 7) is 1.63. The molecule has 0 bridgehead atoms. The summed E-state index contributed by atoms with van der Waals surface area (Å²) in [5.41, 5.74) is 6.04. The predicted octanol–water partition coefficient (Wildman–Crippen LogP) is 0.891. The standard InChI is InChI=1S/C11H16N2O3/c1-7(11(12)13)16-9-4-3-8(6-14)5-10(9)15-2/h3-5,7,14H,6H2,1-2H3,(H3,12,13). The smallest absolute Gasteiger partial charge is 0.162 e. The van der Waals surface area contributed by atoms with Gasteiger partial charge in [-0.25, -0.2) is 0 Å². The Morgan fingerprint density at radius 3 is 2.69 bits per heavy atom. The molecule has 0 aliphatic carbocycles. The summed E-state index contributed by atoms with van der Waals surface area (Å²) in [6.07, 6.45) is -0.506. The van der Waals surface area contributed by atoms with Gasteiger partial charge in [-0.1, -0.05) is 6.07 Å². The van der Waals surface area contributed by atoms with E-state index in [0.717, 1.165) is 5.56 Å². The van der Waals surface area contributed by atoms with E-state index in [-0.39, 0.29) is 12.4 Å². The van der Waals surface area contributed by atoms with Crippen LogP contribution in [-0.4, -0.2) is 24.2 Å². The van der Waals surface area contributed by atoms with Gasteiger partial charge >= 0.3 is 0 Å². The van der Waals surface area contributed by atoms with Crippen molar-refractivity contribution in [2.45, 2.75) is 19.6 Å². The van der Waals surface area contributed by atoms with Crippen LogP contribution in [0.5, 0.6) is 11.5 Å². The van der Waals surface area contributed by atoms with Gasteiger partial charge in [-0.2, -0.15) is 0 Å². The van der Waals surface area contributed by atoms with Crippen molar-refractivity contribution in [3.8, 4) is 11.5 Å². The fourth-order valence-electron chi connectivity index (χ4n) is 1.16. The fourth-order valence-corrected chi connectivity index (χ4v) is 1.16. The molecule has 0 spiro atoms. The summed E-state index contributed by atoms with van der Waals surface area (Å²) >= 11 is 0. The van der Waals surface area contributed by atoms with E-state index in [0.29, 0.717) is 11.5 Å². The van der Waals surface area contributed by atoms with Crippen molar-refractivity contribution in [2.75, 3.05) is 7.11 Å². The lowest BCUT2D eigenvalue weighted by molar-refractivity contribution is 0.263. The van der Waals surface area contributed by atoms with E-state index in [9.17, 15) is 0 Å². The molecule has 0 aliphatic heterocycles. The van der Waals surface area contributed by atoms with E-state index in [2.05, 4.69) is 0 Å². The topological polar surface area (TPSA) is 88.6 Å². The molecule has 16 heavy (non-hydrogen) atoms. The van der Waals surface area contributed by atoms with Gasteiger partial charge in [0.05, 0.1) is 13.7 Å². The maximum atomic E-state index is 8.97. The molecular weight excluding hydrogens is 208 g/mol. The zero-order valence-corrected chi connectivity index (χ0v) is 9.36. The van der Waals surface area contributed by atoms with Crippen molar-refractivity contribution in [2.24, 2.45) is 5.73 Å². The number of methoxy groups -OCH3 is 1. The second-order valence-electron chi connectivity index (χ2n) is 3.36. The minimum Gasteiger partial charge on any atom is -0.493 e. The lowest BCUT2D eigenvalue weighted by atomic mass is 10.2. The van der Waals surface area contributed by atoms with Crippen LogP contribution in [0.15, 0.2) is 18.2 Å². The number of aliphatic hydroxyl groups excluding tert-OH is 1. The highest BCUT2D eigenvalue weighted by Gasteiger charge is 2.11. The summed E-state index contributed by atoms with van der Waals surface area (Å²) in [7, 11) is 1.52. The maximum Gasteiger partial charge on any atom is 0.162 e. The molecule has 0 saturated heterocycles. The highest BCUT2D eigenvalue weighted by Crippen LogP contribution is 2.28.